The number of pyridine rings is 1. The molecule has 3 rings (SSSR count). The Morgan fingerprint density at radius 3 is 2.65 bits per heavy atom. The number of methoxy groups -OCH3 is 1. The van der Waals surface area contributed by atoms with Gasteiger partial charge >= 0.3 is 0 Å². The SMILES string of the molecule is COc1cc(Cl)c(C)cc1NC(=O)[C@H](C)Sc1ccc(S(=O)(=O)N2CCOCC2)cn1. The van der Waals surface area contributed by atoms with E-state index in [1.165, 1.54) is 35.4 Å². The quantitative estimate of drug-likeness (QED) is 0.601. The van der Waals surface area contributed by atoms with Crippen LogP contribution >= 0.6 is 23.4 Å². The summed E-state index contributed by atoms with van der Waals surface area (Å²) in [4.78, 5) is 17.0. The standard InChI is InChI=1S/C20H24ClN3O5S2/c1-13-10-17(18(28-3)11-16(13)21)23-20(25)14(2)30-19-5-4-15(12-22-19)31(26,27)24-6-8-29-9-7-24/h4-5,10-12,14H,6-9H2,1-3H3,(H,23,25)/t14-/m0/s1. The fourth-order valence-electron chi connectivity index (χ4n) is 2.92. The number of hydrogen-bond acceptors (Lipinski definition) is 7. The van der Waals surface area contributed by atoms with Crippen LogP contribution in [0.15, 0.2) is 40.4 Å². The topological polar surface area (TPSA) is 97.8 Å². The molecule has 1 aliphatic heterocycles. The number of morpholine rings is 1. The summed E-state index contributed by atoms with van der Waals surface area (Å²) in [5.41, 5.74) is 1.35. The minimum Gasteiger partial charge on any atom is -0.495 e. The molecule has 31 heavy (non-hydrogen) atoms. The van der Waals surface area contributed by atoms with E-state index in [-0.39, 0.29) is 10.8 Å². The summed E-state index contributed by atoms with van der Waals surface area (Å²) in [6.07, 6.45) is 1.32. The van der Waals surface area contributed by atoms with Crippen LogP contribution in [0.3, 0.4) is 0 Å². The number of ether oxygens (including phenoxy) is 2. The molecular formula is C20H24ClN3O5S2. The smallest absolute Gasteiger partial charge is 0.244 e. The molecule has 0 bridgehead atoms. The maximum absolute atomic E-state index is 12.7. The lowest BCUT2D eigenvalue weighted by Gasteiger charge is -2.25. The van der Waals surface area contributed by atoms with E-state index < -0.39 is 15.3 Å². The highest BCUT2D eigenvalue weighted by atomic mass is 35.5. The molecular weight excluding hydrogens is 462 g/mol. The maximum atomic E-state index is 12.7. The molecule has 1 aromatic carbocycles. The third-order valence-corrected chi connectivity index (χ3v) is 8.06. The van der Waals surface area contributed by atoms with Crippen LogP contribution in [0.4, 0.5) is 5.69 Å². The third-order valence-electron chi connectivity index (χ3n) is 4.72. The molecule has 1 amide bonds. The number of sulfonamides is 1. The van der Waals surface area contributed by atoms with E-state index in [0.717, 1.165) is 5.56 Å². The van der Waals surface area contributed by atoms with E-state index in [2.05, 4.69) is 10.3 Å². The first-order valence-electron chi connectivity index (χ1n) is 9.58. The first-order valence-corrected chi connectivity index (χ1v) is 12.3. The van der Waals surface area contributed by atoms with Crippen molar-refractivity contribution in [2.75, 3.05) is 38.7 Å². The Bertz CT molecular complexity index is 1040. The van der Waals surface area contributed by atoms with Crippen LogP contribution in [0.5, 0.6) is 5.75 Å². The first-order chi connectivity index (χ1) is 14.7. The van der Waals surface area contributed by atoms with Crippen LogP contribution in [-0.2, 0) is 19.6 Å². The Kier molecular flexibility index (Phi) is 7.82. The van der Waals surface area contributed by atoms with E-state index in [9.17, 15) is 13.2 Å². The lowest BCUT2D eigenvalue weighted by Crippen LogP contribution is -2.40. The van der Waals surface area contributed by atoms with Gasteiger partial charge in [-0.3, -0.25) is 4.79 Å². The zero-order valence-corrected chi connectivity index (χ0v) is 19.8. The molecule has 168 valence electrons. The van der Waals surface area contributed by atoms with Crippen molar-refractivity contribution >= 4 is 45.0 Å². The maximum Gasteiger partial charge on any atom is 0.244 e. The molecule has 1 aliphatic rings. The highest BCUT2D eigenvalue weighted by Crippen LogP contribution is 2.32. The van der Waals surface area contributed by atoms with Gasteiger partial charge in [0.1, 0.15) is 10.6 Å². The lowest BCUT2D eigenvalue weighted by atomic mass is 10.2. The molecule has 0 spiro atoms. The number of rotatable bonds is 7. The fourth-order valence-corrected chi connectivity index (χ4v) is 5.22. The molecule has 1 atom stereocenters. The van der Waals surface area contributed by atoms with Gasteiger partial charge in [-0.2, -0.15) is 4.31 Å². The average molecular weight is 486 g/mol. The monoisotopic (exact) mass is 485 g/mol. The second-order valence-corrected chi connectivity index (χ2v) is 10.6. The summed E-state index contributed by atoms with van der Waals surface area (Å²) < 4.78 is 37.2. The first kappa shape index (κ1) is 23.8. The zero-order chi connectivity index (χ0) is 22.6. The number of thioether (sulfide) groups is 1. The van der Waals surface area contributed by atoms with Crippen LogP contribution in [0, 0.1) is 6.92 Å². The number of hydrogen-bond donors (Lipinski definition) is 1. The van der Waals surface area contributed by atoms with Gasteiger partial charge in [-0.15, -0.1) is 0 Å². The van der Waals surface area contributed by atoms with Crippen molar-refractivity contribution in [3.8, 4) is 5.75 Å². The number of aromatic nitrogens is 1. The van der Waals surface area contributed by atoms with Crippen molar-refractivity contribution in [3.05, 3.63) is 41.0 Å². The Hall–Kier alpha value is -1.85. The second-order valence-electron chi connectivity index (χ2n) is 6.90. The van der Waals surface area contributed by atoms with Crippen molar-refractivity contribution in [1.29, 1.82) is 0 Å². The van der Waals surface area contributed by atoms with Gasteiger partial charge in [0.05, 0.1) is 36.3 Å². The molecule has 11 heteroatoms. The minimum absolute atomic E-state index is 0.122. The van der Waals surface area contributed by atoms with E-state index >= 15 is 0 Å². The van der Waals surface area contributed by atoms with Crippen LogP contribution < -0.4 is 10.1 Å². The second kappa shape index (κ2) is 10.2. The number of benzene rings is 1. The van der Waals surface area contributed by atoms with Gasteiger partial charge in [0.15, 0.2) is 0 Å². The van der Waals surface area contributed by atoms with Crippen molar-refractivity contribution < 1.29 is 22.7 Å². The molecule has 0 saturated carbocycles. The van der Waals surface area contributed by atoms with Gasteiger partial charge in [0, 0.05) is 30.4 Å². The number of anilines is 1. The van der Waals surface area contributed by atoms with Crippen molar-refractivity contribution in [3.63, 3.8) is 0 Å². The van der Waals surface area contributed by atoms with Gasteiger partial charge in [0.25, 0.3) is 0 Å². The Balaban J connectivity index is 1.66. The van der Waals surface area contributed by atoms with Gasteiger partial charge in [-0.25, -0.2) is 13.4 Å². The molecule has 1 N–H and O–H groups in total. The van der Waals surface area contributed by atoms with Crippen LogP contribution in [-0.4, -0.2) is 62.3 Å². The highest BCUT2D eigenvalue weighted by molar-refractivity contribution is 8.00. The van der Waals surface area contributed by atoms with Gasteiger partial charge in [-0.05, 0) is 37.6 Å². The predicted octanol–water partition coefficient (Wildman–Crippen LogP) is 3.19. The van der Waals surface area contributed by atoms with E-state index in [1.807, 2.05) is 6.92 Å². The van der Waals surface area contributed by atoms with Crippen LogP contribution in [0.2, 0.25) is 5.02 Å². The van der Waals surface area contributed by atoms with E-state index in [4.69, 9.17) is 21.1 Å². The van der Waals surface area contributed by atoms with Crippen molar-refractivity contribution in [1.82, 2.24) is 9.29 Å². The number of amides is 1. The number of nitrogens with one attached hydrogen (secondary N) is 1. The normalized spacial score (nSPS) is 16.0. The molecule has 8 nitrogen and oxygen atoms in total. The Morgan fingerprint density at radius 2 is 2.03 bits per heavy atom. The summed E-state index contributed by atoms with van der Waals surface area (Å²) >= 11 is 7.34. The van der Waals surface area contributed by atoms with E-state index in [0.29, 0.717) is 47.8 Å². The molecule has 2 heterocycles. The third kappa shape index (κ3) is 5.69. The molecule has 0 unspecified atom stereocenters. The number of nitrogens with zero attached hydrogens (tertiary/aromatic N) is 2. The summed E-state index contributed by atoms with van der Waals surface area (Å²) in [6, 6.07) is 6.52. The minimum atomic E-state index is -3.60. The predicted molar refractivity (Wildman–Crippen MR) is 121 cm³/mol. The summed E-state index contributed by atoms with van der Waals surface area (Å²) in [6.45, 7) is 4.99. The van der Waals surface area contributed by atoms with Gasteiger partial charge in [-0.1, -0.05) is 23.4 Å². The Morgan fingerprint density at radius 1 is 1.32 bits per heavy atom. The number of halogens is 1. The molecule has 1 aromatic heterocycles. The summed E-state index contributed by atoms with van der Waals surface area (Å²) in [7, 11) is -2.10. The van der Waals surface area contributed by atoms with Gasteiger partial charge in [0.2, 0.25) is 15.9 Å². The molecule has 0 aliphatic carbocycles. The molecule has 1 saturated heterocycles. The van der Waals surface area contributed by atoms with Crippen molar-refractivity contribution in [2.45, 2.75) is 29.0 Å². The number of aryl methyl sites for hydroxylation is 1. The zero-order valence-electron chi connectivity index (χ0n) is 17.4. The summed E-state index contributed by atoms with van der Waals surface area (Å²) in [5, 5.41) is 3.46. The Labute approximate surface area is 191 Å². The fraction of sp³-hybridized carbons (Fsp3) is 0.400. The number of carbonyl (C=O) groups is 1. The average Bonchev–Trinajstić information content (AvgIpc) is 2.77. The molecule has 2 aromatic rings. The van der Waals surface area contributed by atoms with Crippen molar-refractivity contribution in [2.24, 2.45) is 0 Å². The van der Waals surface area contributed by atoms with E-state index in [1.54, 1.807) is 25.1 Å². The van der Waals surface area contributed by atoms with Gasteiger partial charge < -0.3 is 14.8 Å². The van der Waals surface area contributed by atoms with Crippen LogP contribution in [0.1, 0.15) is 12.5 Å². The highest BCUT2D eigenvalue weighted by Gasteiger charge is 2.27. The lowest BCUT2D eigenvalue weighted by molar-refractivity contribution is -0.115. The largest absolute Gasteiger partial charge is 0.495 e. The molecule has 1 fully saturated rings. The number of carbonyl (C=O) groups excluding carboxylic acids is 1. The van der Waals surface area contributed by atoms with Crippen LogP contribution in [0.25, 0.3) is 0 Å². The molecule has 0 radical (unpaired) electrons. The summed E-state index contributed by atoms with van der Waals surface area (Å²) in [5.74, 6) is 0.230.